The van der Waals surface area contributed by atoms with Gasteiger partial charge in [-0.15, -0.1) is 11.8 Å². The minimum atomic E-state index is -0.609. The van der Waals surface area contributed by atoms with Gasteiger partial charge >= 0.3 is 5.63 Å². The van der Waals surface area contributed by atoms with Gasteiger partial charge in [-0.1, -0.05) is 0 Å². The van der Waals surface area contributed by atoms with Crippen LogP contribution in [0.1, 0.15) is 0 Å². The summed E-state index contributed by atoms with van der Waals surface area (Å²) in [6.07, 6.45) is 1.67. The third kappa shape index (κ3) is 1.70. The van der Waals surface area contributed by atoms with Gasteiger partial charge in [0.15, 0.2) is 0 Å². The van der Waals surface area contributed by atoms with Crippen LogP contribution in [0.3, 0.4) is 0 Å². The van der Waals surface area contributed by atoms with Gasteiger partial charge in [0.05, 0.1) is 0 Å². The monoisotopic (exact) mass is 192 g/mol. The fourth-order valence-electron chi connectivity index (χ4n) is 0.630. The molecule has 0 radical (unpaired) electrons. The average Bonchev–Trinajstić information content (AvgIpc) is 1.85. The Hall–Kier alpha value is -0.610. The second kappa shape index (κ2) is 3.19. The van der Waals surface area contributed by atoms with E-state index in [0.29, 0.717) is 0 Å². The van der Waals surface area contributed by atoms with E-state index in [-0.39, 0.29) is 15.9 Å². The van der Waals surface area contributed by atoms with Crippen molar-refractivity contribution >= 4 is 23.4 Å². The molecule has 1 aromatic heterocycles. The molecule has 0 saturated carbocycles. The molecule has 5 heteroatoms. The Kier molecular flexibility index (Phi) is 2.46. The van der Waals surface area contributed by atoms with Crippen LogP contribution in [-0.2, 0) is 0 Å². The molecule has 0 saturated heterocycles. The summed E-state index contributed by atoms with van der Waals surface area (Å²) in [7, 11) is 0. The highest BCUT2D eigenvalue weighted by Crippen LogP contribution is 2.24. The van der Waals surface area contributed by atoms with E-state index in [0.717, 1.165) is 11.8 Å². The van der Waals surface area contributed by atoms with Crippen LogP contribution in [0.25, 0.3) is 0 Å². The van der Waals surface area contributed by atoms with E-state index in [4.69, 9.17) is 16.7 Å². The molecular weight excluding hydrogens is 188 g/mol. The van der Waals surface area contributed by atoms with Gasteiger partial charge in [0, 0.05) is 6.07 Å². The number of thioether (sulfide) groups is 1. The first kappa shape index (κ1) is 8.49. The van der Waals surface area contributed by atoms with Crippen LogP contribution in [0.5, 0.6) is 5.75 Å². The summed E-state index contributed by atoms with van der Waals surface area (Å²) in [6.45, 7) is 0. The van der Waals surface area contributed by atoms with Crippen molar-refractivity contribution in [2.24, 2.45) is 0 Å². The van der Waals surface area contributed by atoms with Crippen molar-refractivity contribution in [3.8, 4) is 5.75 Å². The van der Waals surface area contributed by atoms with Gasteiger partial charge in [-0.2, -0.15) is 0 Å². The van der Waals surface area contributed by atoms with Crippen molar-refractivity contribution < 1.29 is 9.52 Å². The Morgan fingerprint density at radius 2 is 2.36 bits per heavy atom. The molecule has 0 atom stereocenters. The average molecular weight is 193 g/mol. The number of hydrogen-bond acceptors (Lipinski definition) is 4. The van der Waals surface area contributed by atoms with Crippen LogP contribution in [0, 0.1) is 0 Å². The molecule has 1 N–H and O–H groups in total. The van der Waals surface area contributed by atoms with Crippen molar-refractivity contribution in [3.63, 3.8) is 0 Å². The van der Waals surface area contributed by atoms with Gasteiger partial charge in [0.25, 0.3) is 0 Å². The van der Waals surface area contributed by atoms with E-state index < -0.39 is 5.63 Å². The summed E-state index contributed by atoms with van der Waals surface area (Å²) >= 11 is 6.46. The van der Waals surface area contributed by atoms with E-state index in [1.807, 2.05) is 0 Å². The molecule has 1 aromatic rings. The standard InChI is InChI=1S/C6H5ClO3S/c1-11-5-3(8)2-4(7)10-6(5)9/h2,8H,1H3. The zero-order chi connectivity index (χ0) is 8.43. The van der Waals surface area contributed by atoms with Crippen LogP contribution >= 0.6 is 23.4 Å². The minimum Gasteiger partial charge on any atom is -0.506 e. The quantitative estimate of drug-likeness (QED) is 0.689. The number of rotatable bonds is 1. The van der Waals surface area contributed by atoms with E-state index >= 15 is 0 Å². The van der Waals surface area contributed by atoms with Crippen molar-refractivity contribution in [1.82, 2.24) is 0 Å². The molecule has 11 heavy (non-hydrogen) atoms. The molecule has 0 unspecified atom stereocenters. The molecule has 1 rings (SSSR count). The van der Waals surface area contributed by atoms with E-state index in [1.54, 1.807) is 6.26 Å². The lowest BCUT2D eigenvalue weighted by Gasteiger charge is -1.97. The maximum Gasteiger partial charge on any atom is 0.354 e. The Morgan fingerprint density at radius 3 is 2.82 bits per heavy atom. The Balaban J connectivity index is 3.37. The van der Waals surface area contributed by atoms with Crippen molar-refractivity contribution in [1.29, 1.82) is 0 Å². The van der Waals surface area contributed by atoms with Gasteiger partial charge < -0.3 is 9.52 Å². The smallest absolute Gasteiger partial charge is 0.354 e. The van der Waals surface area contributed by atoms with E-state index in [9.17, 15) is 4.79 Å². The Morgan fingerprint density at radius 1 is 1.73 bits per heavy atom. The van der Waals surface area contributed by atoms with Crippen molar-refractivity contribution in [3.05, 3.63) is 21.7 Å². The molecule has 0 bridgehead atoms. The molecule has 0 aliphatic carbocycles. The Bertz CT molecular complexity index is 320. The minimum absolute atomic E-state index is 0.106. The summed E-state index contributed by atoms with van der Waals surface area (Å²) in [4.78, 5) is 11.0. The fourth-order valence-corrected chi connectivity index (χ4v) is 1.28. The van der Waals surface area contributed by atoms with Gasteiger partial charge in [-0.3, -0.25) is 0 Å². The van der Waals surface area contributed by atoms with Crippen LogP contribution < -0.4 is 5.63 Å². The molecule has 0 aromatic carbocycles. The third-order valence-electron chi connectivity index (χ3n) is 1.06. The zero-order valence-corrected chi connectivity index (χ0v) is 7.20. The number of halogens is 1. The first-order chi connectivity index (χ1) is 5.15. The summed E-state index contributed by atoms with van der Waals surface area (Å²) in [5.74, 6) is -0.140. The van der Waals surface area contributed by atoms with Gasteiger partial charge in [-0.25, -0.2) is 4.79 Å². The summed E-state index contributed by atoms with van der Waals surface area (Å²) in [5.41, 5.74) is -0.609. The SMILES string of the molecule is CSc1c(O)cc(Cl)oc1=O. The maximum absolute atomic E-state index is 10.9. The van der Waals surface area contributed by atoms with Crippen molar-refractivity contribution in [2.75, 3.05) is 6.26 Å². The summed E-state index contributed by atoms with van der Waals surface area (Å²) in [6, 6.07) is 1.19. The highest BCUT2D eigenvalue weighted by atomic mass is 35.5. The summed E-state index contributed by atoms with van der Waals surface area (Å²) in [5, 5.41) is 9.00. The predicted molar refractivity (Wildman–Crippen MR) is 43.4 cm³/mol. The lowest BCUT2D eigenvalue weighted by Crippen LogP contribution is -2.00. The number of hydrogen-bond donors (Lipinski definition) is 1. The molecule has 60 valence electrons. The first-order valence-corrected chi connectivity index (χ1v) is 4.32. The molecule has 0 spiro atoms. The summed E-state index contributed by atoms with van der Waals surface area (Å²) < 4.78 is 4.51. The van der Waals surface area contributed by atoms with Gasteiger partial charge in [0.1, 0.15) is 10.6 Å². The van der Waals surface area contributed by atoms with Crippen LogP contribution in [0.15, 0.2) is 20.2 Å². The predicted octanol–water partition coefficient (Wildman–Crippen LogP) is 1.72. The van der Waals surface area contributed by atoms with E-state index in [2.05, 4.69) is 4.42 Å². The fraction of sp³-hybridized carbons (Fsp3) is 0.167. The third-order valence-corrected chi connectivity index (χ3v) is 2.03. The molecule has 0 aliphatic heterocycles. The normalized spacial score (nSPS) is 10.0. The van der Waals surface area contributed by atoms with Crippen LogP contribution in [0.4, 0.5) is 0 Å². The highest BCUT2D eigenvalue weighted by Gasteiger charge is 2.07. The Labute approximate surface area is 72.0 Å². The number of aromatic hydroxyl groups is 1. The first-order valence-electron chi connectivity index (χ1n) is 2.71. The van der Waals surface area contributed by atoms with Gasteiger partial charge in [-0.05, 0) is 17.9 Å². The molecule has 0 fully saturated rings. The topological polar surface area (TPSA) is 50.4 Å². The van der Waals surface area contributed by atoms with Gasteiger partial charge in [0.2, 0.25) is 5.22 Å². The second-order valence-corrected chi connectivity index (χ2v) is 2.95. The maximum atomic E-state index is 10.9. The highest BCUT2D eigenvalue weighted by molar-refractivity contribution is 7.98. The molecule has 1 heterocycles. The molecular formula is C6H5ClO3S. The van der Waals surface area contributed by atoms with Crippen LogP contribution in [0.2, 0.25) is 5.22 Å². The van der Waals surface area contributed by atoms with Crippen LogP contribution in [-0.4, -0.2) is 11.4 Å². The molecule has 0 amide bonds. The zero-order valence-electron chi connectivity index (χ0n) is 5.63. The van der Waals surface area contributed by atoms with Crippen molar-refractivity contribution in [2.45, 2.75) is 4.90 Å². The van der Waals surface area contributed by atoms with E-state index in [1.165, 1.54) is 6.07 Å². The molecule has 0 aliphatic rings. The largest absolute Gasteiger partial charge is 0.506 e. The lowest BCUT2D eigenvalue weighted by atomic mass is 10.5. The molecule has 3 nitrogen and oxygen atoms in total. The second-order valence-electron chi connectivity index (χ2n) is 1.76. The lowest BCUT2D eigenvalue weighted by molar-refractivity contribution is 0.425.